The van der Waals surface area contributed by atoms with Gasteiger partial charge in [0.05, 0.1) is 9.46 Å². The Bertz CT molecular complexity index is 1130. The number of aromatic nitrogens is 1. The van der Waals surface area contributed by atoms with Gasteiger partial charge in [0.2, 0.25) is 0 Å². The Morgan fingerprint density at radius 3 is 2.54 bits per heavy atom. The van der Waals surface area contributed by atoms with E-state index in [1.54, 1.807) is 22.8 Å². The highest BCUT2D eigenvalue weighted by molar-refractivity contribution is 7.07. The van der Waals surface area contributed by atoms with E-state index in [-0.39, 0.29) is 11.2 Å². The van der Waals surface area contributed by atoms with Crippen molar-refractivity contribution >= 4 is 28.8 Å². The molecule has 0 atom stereocenters. The first-order valence-electron chi connectivity index (χ1n) is 7.92. The standard InChI is InChI=1S/C18H14N4O3S/c23-17-16(10-13-6-8-15(9-7-13)22(24)25)26-18-19-11-20(12-21(17)18)14-4-2-1-3-5-14/h1-10H,11-12H2/b16-10+. The zero-order valence-corrected chi connectivity index (χ0v) is 14.4. The minimum absolute atomic E-state index is 0.0258. The molecule has 7 nitrogen and oxygen atoms in total. The van der Waals surface area contributed by atoms with Crippen molar-refractivity contribution in [3.63, 3.8) is 0 Å². The van der Waals surface area contributed by atoms with E-state index >= 15 is 0 Å². The maximum absolute atomic E-state index is 12.7. The van der Waals surface area contributed by atoms with Crippen LogP contribution in [-0.4, -0.2) is 16.2 Å². The molecule has 0 amide bonds. The molecular weight excluding hydrogens is 352 g/mol. The number of rotatable bonds is 3. The van der Waals surface area contributed by atoms with Crippen LogP contribution < -0.4 is 19.8 Å². The molecular formula is C18H14N4O3S. The van der Waals surface area contributed by atoms with E-state index in [1.165, 1.54) is 23.5 Å². The molecule has 0 radical (unpaired) electrons. The molecule has 2 aromatic carbocycles. The third-order valence-electron chi connectivity index (χ3n) is 4.10. The van der Waals surface area contributed by atoms with Gasteiger partial charge in [0.15, 0.2) is 4.80 Å². The number of benzene rings is 2. The summed E-state index contributed by atoms with van der Waals surface area (Å²) in [6.07, 6.45) is 1.74. The first-order valence-corrected chi connectivity index (χ1v) is 8.74. The molecule has 130 valence electrons. The summed E-state index contributed by atoms with van der Waals surface area (Å²) in [4.78, 5) is 30.2. The molecule has 0 fully saturated rings. The van der Waals surface area contributed by atoms with Crippen LogP contribution in [0.1, 0.15) is 5.56 Å². The summed E-state index contributed by atoms with van der Waals surface area (Å²) in [7, 11) is 0. The molecule has 0 saturated carbocycles. The lowest BCUT2D eigenvalue weighted by atomic mass is 10.2. The zero-order valence-electron chi connectivity index (χ0n) is 13.6. The van der Waals surface area contributed by atoms with Gasteiger partial charge >= 0.3 is 0 Å². The molecule has 3 aromatic rings. The highest BCUT2D eigenvalue weighted by atomic mass is 32.1. The number of nitrogens with zero attached hydrogens (tertiary/aromatic N) is 4. The first kappa shape index (κ1) is 16.2. The molecule has 8 heteroatoms. The fraction of sp³-hybridized carbons (Fsp3) is 0.111. The number of thiazole rings is 1. The lowest BCUT2D eigenvalue weighted by Gasteiger charge is -2.25. The van der Waals surface area contributed by atoms with Crippen LogP contribution >= 0.6 is 11.3 Å². The molecule has 0 N–H and O–H groups in total. The third-order valence-corrected chi connectivity index (χ3v) is 5.14. The predicted molar refractivity (Wildman–Crippen MR) is 99.8 cm³/mol. The smallest absolute Gasteiger partial charge is 0.271 e. The summed E-state index contributed by atoms with van der Waals surface area (Å²) in [5.74, 6) is 0. The SMILES string of the molecule is O=c1/c(=C\c2ccc([N+](=O)[O-])cc2)sc2n1CN(c1ccccc1)CN=2. The van der Waals surface area contributed by atoms with Gasteiger partial charge < -0.3 is 4.90 Å². The molecule has 0 saturated heterocycles. The molecule has 0 unspecified atom stereocenters. The van der Waals surface area contributed by atoms with Gasteiger partial charge in [0, 0.05) is 17.8 Å². The normalized spacial score (nSPS) is 14.0. The summed E-state index contributed by atoms with van der Waals surface area (Å²) in [6.45, 7) is 0.952. The van der Waals surface area contributed by atoms with E-state index in [4.69, 9.17) is 0 Å². The fourth-order valence-corrected chi connectivity index (χ4v) is 3.72. The highest BCUT2D eigenvalue weighted by Gasteiger charge is 2.15. The summed E-state index contributed by atoms with van der Waals surface area (Å²) >= 11 is 1.33. The van der Waals surface area contributed by atoms with Crippen LogP contribution in [0.15, 0.2) is 64.4 Å². The Kier molecular flexibility index (Phi) is 4.10. The van der Waals surface area contributed by atoms with Gasteiger partial charge in [-0.25, -0.2) is 4.99 Å². The van der Waals surface area contributed by atoms with Crippen LogP contribution in [0.25, 0.3) is 6.08 Å². The second kappa shape index (κ2) is 6.57. The van der Waals surface area contributed by atoms with Gasteiger partial charge in [-0.3, -0.25) is 19.5 Å². The van der Waals surface area contributed by atoms with E-state index in [0.717, 1.165) is 11.3 Å². The van der Waals surface area contributed by atoms with Crippen molar-refractivity contribution in [3.05, 3.63) is 90.0 Å². The fourth-order valence-electron chi connectivity index (χ4n) is 2.76. The van der Waals surface area contributed by atoms with E-state index in [2.05, 4.69) is 4.99 Å². The van der Waals surface area contributed by atoms with Crippen molar-refractivity contribution in [1.82, 2.24) is 4.57 Å². The number of hydrogen-bond acceptors (Lipinski definition) is 6. The topological polar surface area (TPSA) is 80.7 Å². The molecule has 1 aliphatic rings. The molecule has 2 heterocycles. The minimum atomic E-state index is -0.445. The maximum atomic E-state index is 12.7. The maximum Gasteiger partial charge on any atom is 0.271 e. The second-order valence-electron chi connectivity index (χ2n) is 5.79. The number of anilines is 1. The number of nitro benzene ring substituents is 1. The van der Waals surface area contributed by atoms with Crippen LogP contribution in [0.4, 0.5) is 11.4 Å². The molecule has 0 aliphatic carbocycles. The van der Waals surface area contributed by atoms with E-state index in [1.807, 2.05) is 35.2 Å². The first-order chi connectivity index (χ1) is 12.6. The minimum Gasteiger partial charge on any atom is -0.334 e. The molecule has 26 heavy (non-hydrogen) atoms. The molecule has 1 aromatic heterocycles. The van der Waals surface area contributed by atoms with Crippen molar-refractivity contribution in [3.8, 4) is 0 Å². The van der Waals surface area contributed by atoms with Crippen molar-refractivity contribution in [2.24, 2.45) is 4.99 Å². The molecule has 4 rings (SSSR count). The second-order valence-corrected chi connectivity index (χ2v) is 6.80. The third kappa shape index (κ3) is 3.02. The van der Waals surface area contributed by atoms with Crippen LogP contribution in [0.2, 0.25) is 0 Å². The summed E-state index contributed by atoms with van der Waals surface area (Å²) in [5.41, 5.74) is 1.68. The Morgan fingerprint density at radius 2 is 1.85 bits per heavy atom. The predicted octanol–water partition coefficient (Wildman–Crippen LogP) is 1.70. The largest absolute Gasteiger partial charge is 0.334 e. The Hall–Kier alpha value is -3.26. The van der Waals surface area contributed by atoms with E-state index in [9.17, 15) is 14.9 Å². The molecule has 1 aliphatic heterocycles. The van der Waals surface area contributed by atoms with Gasteiger partial charge in [-0.05, 0) is 35.9 Å². The van der Waals surface area contributed by atoms with Gasteiger partial charge in [-0.15, -0.1) is 0 Å². The number of non-ortho nitro benzene ring substituents is 1. The van der Waals surface area contributed by atoms with Gasteiger partial charge in [-0.1, -0.05) is 29.5 Å². The van der Waals surface area contributed by atoms with Crippen molar-refractivity contribution in [2.45, 2.75) is 6.67 Å². The van der Waals surface area contributed by atoms with Crippen molar-refractivity contribution in [2.75, 3.05) is 11.6 Å². The Balaban J connectivity index is 1.69. The monoisotopic (exact) mass is 366 g/mol. The van der Waals surface area contributed by atoms with Crippen LogP contribution in [0.5, 0.6) is 0 Å². The van der Waals surface area contributed by atoms with Crippen LogP contribution in [0.3, 0.4) is 0 Å². The van der Waals surface area contributed by atoms with E-state index < -0.39 is 4.92 Å². The van der Waals surface area contributed by atoms with Crippen LogP contribution in [-0.2, 0) is 6.67 Å². The Morgan fingerprint density at radius 1 is 1.12 bits per heavy atom. The molecule has 0 spiro atoms. The molecule has 0 bridgehead atoms. The summed E-state index contributed by atoms with van der Waals surface area (Å²) in [5, 5.41) is 10.7. The lowest BCUT2D eigenvalue weighted by molar-refractivity contribution is -0.384. The average Bonchev–Trinajstić information content (AvgIpc) is 2.98. The number of para-hydroxylation sites is 1. The number of nitro groups is 1. The lowest BCUT2D eigenvalue weighted by Crippen LogP contribution is -2.42. The number of fused-ring (bicyclic) bond motifs is 1. The van der Waals surface area contributed by atoms with Gasteiger partial charge in [-0.2, -0.15) is 0 Å². The van der Waals surface area contributed by atoms with E-state index in [0.29, 0.717) is 22.7 Å². The number of hydrogen-bond donors (Lipinski definition) is 0. The Labute approximate surface area is 151 Å². The highest BCUT2D eigenvalue weighted by Crippen LogP contribution is 2.15. The summed E-state index contributed by atoms with van der Waals surface area (Å²) in [6, 6.07) is 16.0. The quantitative estimate of drug-likeness (QED) is 0.522. The van der Waals surface area contributed by atoms with Crippen LogP contribution in [0, 0.1) is 10.1 Å². The average molecular weight is 366 g/mol. The summed E-state index contributed by atoms with van der Waals surface area (Å²) < 4.78 is 2.21. The van der Waals surface area contributed by atoms with Gasteiger partial charge in [0.1, 0.15) is 13.3 Å². The van der Waals surface area contributed by atoms with Gasteiger partial charge in [0.25, 0.3) is 11.2 Å². The van der Waals surface area contributed by atoms with Crippen molar-refractivity contribution in [1.29, 1.82) is 0 Å². The van der Waals surface area contributed by atoms with Crippen molar-refractivity contribution < 1.29 is 4.92 Å². The zero-order chi connectivity index (χ0) is 18.1.